The monoisotopic (exact) mass is 632 g/mol. The summed E-state index contributed by atoms with van der Waals surface area (Å²) in [6.07, 6.45) is 4.62. The highest BCUT2D eigenvalue weighted by Crippen LogP contribution is 2.34. The number of allylic oxidation sites excluding steroid dienone is 2. The predicted octanol–water partition coefficient (Wildman–Crippen LogP) is 4.36. The van der Waals surface area contributed by atoms with Crippen LogP contribution < -0.4 is 10.6 Å². The van der Waals surface area contributed by atoms with E-state index in [1.54, 1.807) is 42.3 Å². The van der Waals surface area contributed by atoms with Crippen LogP contribution in [0.5, 0.6) is 0 Å². The summed E-state index contributed by atoms with van der Waals surface area (Å²) in [5.74, 6) is 0.641. The molecular formula is C33H41FN8O4. The summed E-state index contributed by atoms with van der Waals surface area (Å²) in [6.45, 7) is 11.3. The maximum atomic E-state index is 14.0. The smallest absolute Gasteiger partial charge is 0.320 e. The van der Waals surface area contributed by atoms with Gasteiger partial charge in [-0.1, -0.05) is 30.9 Å². The van der Waals surface area contributed by atoms with Crippen molar-refractivity contribution in [1.82, 2.24) is 30.0 Å². The standard InChI is InChI=1S/C33H41FN8O4/c1-6-24(17-36-23(3)40-20-28(21-40)45-5)30-22(2)32(42(39-30)27-10-8-7-9-11-27)38-33(43)37-18-26-19-41(14-15-44-4)46-31(26)25-12-13-35-29(34)16-25/h6-13,16-17,26,28,31H,1,14-15,18-21H2,2-5H3,(H2,37,38,43)/b24-17+,36-23?/t26-,31+/m1/s1. The van der Waals surface area contributed by atoms with Gasteiger partial charge in [-0.2, -0.15) is 14.6 Å². The van der Waals surface area contributed by atoms with Gasteiger partial charge in [0, 0.05) is 76.4 Å². The fourth-order valence-electron chi connectivity index (χ4n) is 5.44. The van der Waals surface area contributed by atoms with E-state index in [2.05, 4.69) is 32.1 Å². The molecule has 2 saturated heterocycles. The molecule has 3 aromatic rings. The van der Waals surface area contributed by atoms with Crippen molar-refractivity contribution in [1.29, 1.82) is 0 Å². The molecule has 2 fully saturated rings. The Labute approximate surface area is 268 Å². The van der Waals surface area contributed by atoms with Gasteiger partial charge < -0.3 is 19.7 Å². The van der Waals surface area contributed by atoms with E-state index in [4.69, 9.17) is 19.4 Å². The van der Waals surface area contributed by atoms with Crippen molar-refractivity contribution in [3.63, 3.8) is 0 Å². The summed E-state index contributed by atoms with van der Waals surface area (Å²) in [5, 5.41) is 12.6. The fraction of sp³-hybridized carbons (Fsp3) is 0.394. The van der Waals surface area contributed by atoms with Crippen LogP contribution in [0.1, 0.15) is 29.8 Å². The molecule has 0 radical (unpaired) electrons. The first-order valence-electron chi connectivity index (χ1n) is 15.2. The predicted molar refractivity (Wildman–Crippen MR) is 174 cm³/mol. The number of hydroxylamine groups is 2. The number of aromatic nitrogens is 3. The van der Waals surface area contributed by atoms with Crippen molar-refractivity contribution in [2.45, 2.75) is 26.1 Å². The molecule has 0 bridgehead atoms. The Morgan fingerprint density at radius 3 is 2.70 bits per heavy atom. The van der Waals surface area contributed by atoms with Gasteiger partial charge in [0.25, 0.3) is 0 Å². The van der Waals surface area contributed by atoms with Crippen LogP contribution in [-0.2, 0) is 14.3 Å². The van der Waals surface area contributed by atoms with Crippen molar-refractivity contribution in [2.75, 3.05) is 58.9 Å². The van der Waals surface area contributed by atoms with Crippen molar-refractivity contribution in [2.24, 2.45) is 10.9 Å². The Balaban J connectivity index is 1.35. The normalized spacial score (nSPS) is 19.3. The zero-order chi connectivity index (χ0) is 32.6. The van der Waals surface area contributed by atoms with E-state index < -0.39 is 18.1 Å². The number of pyridine rings is 1. The number of aliphatic imine (C=N–C) groups is 1. The highest BCUT2D eigenvalue weighted by Gasteiger charge is 2.36. The highest BCUT2D eigenvalue weighted by atomic mass is 19.1. The number of para-hydroxylation sites is 1. The summed E-state index contributed by atoms with van der Waals surface area (Å²) in [7, 11) is 3.33. The number of urea groups is 1. The zero-order valence-electron chi connectivity index (χ0n) is 26.6. The van der Waals surface area contributed by atoms with E-state index in [0.717, 1.165) is 30.2 Å². The Morgan fingerprint density at radius 1 is 1.22 bits per heavy atom. The van der Waals surface area contributed by atoms with Gasteiger partial charge in [-0.15, -0.1) is 0 Å². The van der Waals surface area contributed by atoms with Gasteiger partial charge in [-0.05, 0) is 43.7 Å². The third-order valence-electron chi connectivity index (χ3n) is 8.16. The lowest BCUT2D eigenvalue weighted by Gasteiger charge is -2.39. The number of carbonyl (C=O) groups is 1. The van der Waals surface area contributed by atoms with Crippen molar-refractivity contribution >= 4 is 23.3 Å². The van der Waals surface area contributed by atoms with Gasteiger partial charge in [0.05, 0.1) is 24.1 Å². The van der Waals surface area contributed by atoms with Gasteiger partial charge in [0.2, 0.25) is 5.95 Å². The van der Waals surface area contributed by atoms with Gasteiger partial charge >= 0.3 is 6.03 Å². The van der Waals surface area contributed by atoms with Crippen LogP contribution in [0.3, 0.4) is 0 Å². The summed E-state index contributed by atoms with van der Waals surface area (Å²) in [6, 6.07) is 12.2. The molecular weight excluding hydrogens is 591 g/mol. The number of benzene rings is 1. The molecule has 13 heteroatoms. The lowest BCUT2D eigenvalue weighted by Crippen LogP contribution is -2.53. The number of halogens is 1. The molecule has 2 atom stereocenters. The lowest BCUT2D eigenvalue weighted by atomic mass is 9.97. The van der Waals surface area contributed by atoms with Crippen LogP contribution in [0.4, 0.5) is 15.0 Å². The van der Waals surface area contributed by atoms with Crippen LogP contribution >= 0.6 is 0 Å². The molecule has 2 amide bonds. The molecule has 2 N–H and O–H groups in total. The summed E-state index contributed by atoms with van der Waals surface area (Å²) in [4.78, 5) is 30.0. The van der Waals surface area contributed by atoms with Gasteiger partial charge in [-0.3, -0.25) is 10.2 Å². The van der Waals surface area contributed by atoms with Gasteiger partial charge in [0.15, 0.2) is 0 Å². The minimum absolute atomic E-state index is 0.151. The number of carbonyl (C=O) groups excluding carboxylic acids is 1. The number of likely N-dealkylation sites (tertiary alicyclic amines) is 1. The van der Waals surface area contributed by atoms with E-state index in [0.29, 0.717) is 42.3 Å². The second-order valence-corrected chi connectivity index (χ2v) is 11.2. The number of amidine groups is 1. The van der Waals surface area contributed by atoms with Gasteiger partial charge in [-0.25, -0.2) is 19.5 Å². The van der Waals surface area contributed by atoms with Crippen molar-refractivity contribution < 1.29 is 23.5 Å². The average molecular weight is 633 g/mol. The SMILES string of the molecule is C=C/C(=C\N=C(C)N1CC(OC)C1)c1nn(-c2ccccc2)c(NC(=O)NC[C@@H]2CN(CCOC)O[C@H]2c2ccnc(F)c2)c1C. The molecule has 4 heterocycles. The number of rotatable bonds is 12. The van der Waals surface area contributed by atoms with Gasteiger partial charge in [0.1, 0.15) is 17.8 Å². The second-order valence-electron chi connectivity index (χ2n) is 11.2. The lowest BCUT2D eigenvalue weighted by molar-refractivity contribution is -0.155. The van der Waals surface area contributed by atoms with E-state index in [9.17, 15) is 9.18 Å². The zero-order valence-corrected chi connectivity index (χ0v) is 26.6. The topological polar surface area (TPSA) is 118 Å². The molecule has 46 heavy (non-hydrogen) atoms. The minimum Gasteiger partial charge on any atom is -0.383 e. The average Bonchev–Trinajstić information content (AvgIpc) is 3.60. The van der Waals surface area contributed by atoms with E-state index in [1.807, 2.05) is 44.2 Å². The third-order valence-corrected chi connectivity index (χ3v) is 8.16. The third kappa shape index (κ3) is 7.68. The van der Waals surface area contributed by atoms with Crippen LogP contribution in [0.2, 0.25) is 0 Å². The summed E-state index contributed by atoms with van der Waals surface area (Å²) >= 11 is 0. The van der Waals surface area contributed by atoms with Crippen LogP contribution in [0, 0.1) is 18.8 Å². The number of anilines is 1. The number of methoxy groups -OCH3 is 2. The van der Waals surface area contributed by atoms with E-state index in [1.165, 1.54) is 12.3 Å². The highest BCUT2D eigenvalue weighted by molar-refractivity contribution is 5.91. The fourth-order valence-corrected chi connectivity index (χ4v) is 5.44. The second kappa shape index (κ2) is 15.2. The maximum absolute atomic E-state index is 14.0. The Hall–Kier alpha value is -4.43. The van der Waals surface area contributed by atoms with Crippen LogP contribution in [0.25, 0.3) is 11.3 Å². The molecule has 244 valence electrons. The number of hydrogen-bond acceptors (Lipinski definition) is 8. The number of amides is 2. The first-order chi connectivity index (χ1) is 22.3. The molecule has 2 aromatic heterocycles. The molecule has 12 nitrogen and oxygen atoms in total. The first-order valence-corrected chi connectivity index (χ1v) is 15.2. The van der Waals surface area contributed by atoms with Crippen molar-refractivity contribution in [3.8, 4) is 5.69 Å². The molecule has 2 aliphatic heterocycles. The quantitative estimate of drug-likeness (QED) is 0.131. The van der Waals surface area contributed by atoms with E-state index in [-0.39, 0.29) is 18.6 Å². The van der Waals surface area contributed by atoms with Crippen molar-refractivity contribution in [3.05, 3.63) is 90.3 Å². The molecule has 0 unspecified atom stereocenters. The molecule has 1 aromatic carbocycles. The molecule has 5 rings (SSSR count). The van der Waals surface area contributed by atoms with E-state index >= 15 is 0 Å². The molecule has 0 spiro atoms. The van der Waals surface area contributed by atoms with Crippen LogP contribution in [-0.4, -0.2) is 96.2 Å². The number of hydrogen-bond donors (Lipinski definition) is 2. The Morgan fingerprint density at radius 2 is 2.00 bits per heavy atom. The number of ether oxygens (including phenoxy) is 2. The number of nitrogens with zero attached hydrogens (tertiary/aromatic N) is 6. The molecule has 0 aliphatic carbocycles. The summed E-state index contributed by atoms with van der Waals surface area (Å²) < 4.78 is 26.2. The largest absolute Gasteiger partial charge is 0.383 e. The first kappa shape index (κ1) is 32.9. The summed E-state index contributed by atoms with van der Waals surface area (Å²) in [5.41, 5.74) is 3.53. The number of nitrogens with one attached hydrogen (secondary N) is 2. The minimum atomic E-state index is -0.588. The Kier molecular flexibility index (Phi) is 10.9. The molecule has 0 saturated carbocycles. The maximum Gasteiger partial charge on any atom is 0.320 e. The van der Waals surface area contributed by atoms with Crippen LogP contribution in [0.15, 0.2) is 72.5 Å². The Bertz CT molecular complexity index is 1570. The molecule has 2 aliphatic rings.